The predicted molar refractivity (Wildman–Crippen MR) is 93.9 cm³/mol. The van der Waals surface area contributed by atoms with Gasteiger partial charge in [0, 0.05) is 26.1 Å². The Labute approximate surface area is 139 Å². The number of rotatable bonds is 5. The molecule has 5 heteroatoms. The fraction of sp³-hybridized carbons (Fsp3) is 0.611. The zero-order valence-electron chi connectivity index (χ0n) is 14.8. The van der Waals surface area contributed by atoms with Crippen molar-refractivity contribution in [1.82, 2.24) is 9.80 Å². The van der Waals surface area contributed by atoms with Crippen LogP contribution in [-0.4, -0.2) is 56.5 Å². The number of methoxy groups -OCH3 is 1. The van der Waals surface area contributed by atoms with E-state index in [1.807, 2.05) is 25.1 Å². The molecular weight excluding hydrogens is 290 g/mol. The molecule has 0 radical (unpaired) electrons. The van der Waals surface area contributed by atoms with E-state index in [-0.39, 0.29) is 5.91 Å². The first-order chi connectivity index (χ1) is 10.9. The van der Waals surface area contributed by atoms with Gasteiger partial charge in [0.1, 0.15) is 5.75 Å². The van der Waals surface area contributed by atoms with Crippen LogP contribution in [0.3, 0.4) is 0 Å². The molecule has 1 fully saturated rings. The van der Waals surface area contributed by atoms with Gasteiger partial charge in [0.05, 0.1) is 12.8 Å². The number of nitrogen functional groups attached to an aromatic ring is 1. The number of nitrogens with two attached hydrogens (primary N) is 1. The van der Waals surface area contributed by atoms with Crippen molar-refractivity contribution in [3.05, 3.63) is 23.3 Å². The summed E-state index contributed by atoms with van der Waals surface area (Å²) < 4.78 is 5.35. The lowest BCUT2D eigenvalue weighted by molar-refractivity contribution is -0.132. The van der Waals surface area contributed by atoms with Crippen LogP contribution in [0, 0.1) is 6.92 Å². The molecule has 5 nitrogen and oxygen atoms in total. The molecule has 1 amide bonds. The number of nitrogens with zero attached hydrogens (tertiary/aromatic N) is 2. The van der Waals surface area contributed by atoms with Crippen molar-refractivity contribution in [3.8, 4) is 5.75 Å². The molecule has 0 saturated carbocycles. The Morgan fingerprint density at radius 2 is 2.00 bits per heavy atom. The molecule has 1 aliphatic heterocycles. The van der Waals surface area contributed by atoms with Crippen molar-refractivity contribution in [2.75, 3.05) is 46.6 Å². The largest absolute Gasteiger partial charge is 0.495 e. The summed E-state index contributed by atoms with van der Waals surface area (Å²) in [5.74, 6) is 1.49. The molecule has 1 aliphatic rings. The van der Waals surface area contributed by atoms with E-state index in [4.69, 9.17) is 10.5 Å². The molecule has 2 N–H and O–H groups in total. The van der Waals surface area contributed by atoms with E-state index in [2.05, 4.69) is 17.9 Å². The van der Waals surface area contributed by atoms with Gasteiger partial charge in [0.2, 0.25) is 5.91 Å². The van der Waals surface area contributed by atoms with Crippen LogP contribution in [0.25, 0.3) is 0 Å². The average Bonchev–Trinajstić information content (AvgIpc) is 2.53. The third kappa shape index (κ3) is 4.38. The van der Waals surface area contributed by atoms with E-state index in [1.54, 1.807) is 7.11 Å². The van der Waals surface area contributed by atoms with Crippen LogP contribution in [-0.2, 0) is 4.79 Å². The average molecular weight is 319 g/mol. The molecule has 1 heterocycles. The maximum atomic E-state index is 12.2. The first-order valence-corrected chi connectivity index (χ1v) is 8.29. The molecule has 23 heavy (non-hydrogen) atoms. The molecule has 0 atom stereocenters. The van der Waals surface area contributed by atoms with Crippen molar-refractivity contribution >= 4 is 11.6 Å². The van der Waals surface area contributed by atoms with E-state index >= 15 is 0 Å². The quantitative estimate of drug-likeness (QED) is 0.846. The Bertz CT molecular complexity index is 549. The number of carbonyl (C=O) groups is 1. The number of aryl methyl sites for hydroxylation is 1. The zero-order chi connectivity index (χ0) is 17.0. The normalized spacial score (nSPS) is 16.0. The summed E-state index contributed by atoms with van der Waals surface area (Å²) >= 11 is 0. The first-order valence-electron chi connectivity index (χ1n) is 8.29. The highest BCUT2D eigenvalue weighted by atomic mass is 16.5. The van der Waals surface area contributed by atoms with Gasteiger partial charge in [-0.3, -0.25) is 4.79 Å². The number of ether oxygens (including phenoxy) is 1. The summed E-state index contributed by atoms with van der Waals surface area (Å²) in [6, 6.07) is 4.06. The predicted octanol–water partition coefficient (Wildman–Crippen LogP) is 2.24. The van der Waals surface area contributed by atoms with Gasteiger partial charge in [-0.15, -0.1) is 0 Å². The molecule has 2 rings (SSSR count). The second-order valence-corrected chi connectivity index (χ2v) is 6.66. The van der Waals surface area contributed by atoms with Crippen molar-refractivity contribution in [2.24, 2.45) is 0 Å². The van der Waals surface area contributed by atoms with Crippen molar-refractivity contribution in [1.29, 1.82) is 0 Å². The topological polar surface area (TPSA) is 58.8 Å². The van der Waals surface area contributed by atoms with Crippen LogP contribution >= 0.6 is 0 Å². The lowest BCUT2D eigenvalue weighted by Crippen LogP contribution is -2.39. The number of hydrogen-bond donors (Lipinski definition) is 1. The second-order valence-electron chi connectivity index (χ2n) is 6.66. The fourth-order valence-electron chi connectivity index (χ4n) is 3.26. The molecule has 1 aromatic carbocycles. The standard InChI is InChI=1S/C18H29N3O2/c1-13-11-16(19)17(23-4)12-15(13)14-5-9-21(10-6-14)18(22)7-8-20(2)3/h11-12,14H,5-10,19H2,1-4H3. The Morgan fingerprint density at radius 1 is 1.35 bits per heavy atom. The number of carbonyl (C=O) groups excluding carboxylic acids is 1. The van der Waals surface area contributed by atoms with Crippen LogP contribution in [0.2, 0.25) is 0 Å². The van der Waals surface area contributed by atoms with Crippen LogP contribution < -0.4 is 10.5 Å². The lowest BCUT2D eigenvalue weighted by atomic mass is 9.86. The molecule has 1 aromatic rings. The van der Waals surface area contributed by atoms with Crippen molar-refractivity contribution in [3.63, 3.8) is 0 Å². The van der Waals surface area contributed by atoms with E-state index in [1.165, 1.54) is 11.1 Å². The maximum absolute atomic E-state index is 12.2. The summed E-state index contributed by atoms with van der Waals surface area (Å²) in [6.07, 6.45) is 2.61. The van der Waals surface area contributed by atoms with Crippen LogP contribution in [0.15, 0.2) is 12.1 Å². The summed E-state index contributed by atoms with van der Waals surface area (Å²) in [5, 5.41) is 0. The van der Waals surface area contributed by atoms with Crippen molar-refractivity contribution < 1.29 is 9.53 Å². The van der Waals surface area contributed by atoms with Crippen LogP contribution in [0.5, 0.6) is 5.75 Å². The third-order valence-corrected chi connectivity index (χ3v) is 4.68. The van der Waals surface area contributed by atoms with Gasteiger partial charge in [-0.1, -0.05) is 0 Å². The number of piperidine rings is 1. The van der Waals surface area contributed by atoms with Gasteiger partial charge >= 0.3 is 0 Å². The van der Waals surface area contributed by atoms with Gasteiger partial charge in [-0.05, 0) is 63.0 Å². The fourth-order valence-corrected chi connectivity index (χ4v) is 3.26. The Morgan fingerprint density at radius 3 is 2.57 bits per heavy atom. The van der Waals surface area contributed by atoms with Gasteiger partial charge in [-0.2, -0.15) is 0 Å². The minimum atomic E-state index is 0.267. The third-order valence-electron chi connectivity index (χ3n) is 4.68. The molecular formula is C18H29N3O2. The minimum Gasteiger partial charge on any atom is -0.495 e. The van der Waals surface area contributed by atoms with Crippen LogP contribution in [0.4, 0.5) is 5.69 Å². The highest BCUT2D eigenvalue weighted by Gasteiger charge is 2.25. The van der Waals surface area contributed by atoms with E-state index in [0.29, 0.717) is 18.0 Å². The van der Waals surface area contributed by atoms with E-state index in [9.17, 15) is 4.79 Å². The smallest absolute Gasteiger partial charge is 0.223 e. The monoisotopic (exact) mass is 319 g/mol. The molecule has 0 unspecified atom stereocenters. The van der Waals surface area contributed by atoms with Crippen LogP contribution in [0.1, 0.15) is 36.3 Å². The summed E-state index contributed by atoms with van der Waals surface area (Å²) in [5.41, 5.74) is 9.16. The van der Waals surface area contributed by atoms with Gasteiger partial charge in [-0.25, -0.2) is 0 Å². The molecule has 128 valence electrons. The Balaban J connectivity index is 1.98. The summed E-state index contributed by atoms with van der Waals surface area (Å²) in [4.78, 5) is 16.3. The number of benzene rings is 1. The maximum Gasteiger partial charge on any atom is 0.223 e. The zero-order valence-corrected chi connectivity index (χ0v) is 14.8. The molecule has 0 aliphatic carbocycles. The van der Waals surface area contributed by atoms with E-state index in [0.717, 1.165) is 38.2 Å². The molecule has 0 aromatic heterocycles. The highest BCUT2D eigenvalue weighted by Crippen LogP contribution is 2.35. The van der Waals surface area contributed by atoms with Gasteiger partial charge in [0.25, 0.3) is 0 Å². The molecule has 0 bridgehead atoms. The van der Waals surface area contributed by atoms with Crippen molar-refractivity contribution in [2.45, 2.75) is 32.1 Å². The minimum absolute atomic E-state index is 0.267. The SMILES string of the molecule is COc1cc(C2CCN(C(=O)CCN(C)C)CC2)c(C)cc1N. The lowest BCUT2D eigenvalue weighted by Gasteiger charge is -2.33. The summed E-state index contributed by atoms with van der Waals surface area (Å²) in [6.45, 7) is 4.58. The molecule has 1 saturated heterocycles. The molecule has 0 spiro atoms. The number of likely N-dealkylation sites (tertiary alicyclic amines) is 1. The number of hydrogen-bond acceptors (Lipinski definition) is 4. The first kappa shape index (κ1) is 17.6. The van der Waals surface area contributed by atoms with E-state index < -0.39 is 0 Å². The highest BCUT2D eigenvalue weighted by molar-refractivity contribution is 5.76. The Kier molecular flexibility index (Phi) is 5.88. The number of anilines is 1. The Hall–Kier alpha value is -1.75. The second kappa shape index (κ2) is 7.68. The van der Waals surface area contributed by atoms with Gasteiger partial charge in [0.15, 0.2) is 0 Å². The van der Waals surface area contributed by atoms with Gasteiger partial charge < -0.3 is 20.3 Å². The number of amides is 1. The summed E-state index contributed by atoms with van der Waals surface area (Å²) in [7, 11) is 5.64.